The first-order valence-corrected chi connectivity index (χ1v) is 12.5. The van der Waals surface area contributed by atoms with Gasteiger partial charge in [-0.05, 0) is 64.2 Å². The van der Waals surface area contributed by atoms with Crippen LogP contribution in [0.5, 0.6) is 0 Å². The monoisotopic (exact) mass is 544 g/mol. The molecule has 0 amide bonds. The summed E-state index contributed by atoms with van der Waals surface area (Å²) in [7, 11) is 4.64. The van der Waals surface area contributed by atoms with Crippen molar-refractivity contribution in [2.24, 2.45) is 0 Å². The van der Waals surface area contributed by atoms with E-state index in [0.717, 1.165) is 20.5 Å². The van der Waals surface area contributed by atoms with E-state index in [-0.39, 0.29) is 6.61 Å². The molecular weight excluding hydrogens is 516 g/mol. The molecule has 0 aromatic carbocycles. The molecule has 3 aliphatic rings. The van der Waals surface area contributed by atoms with Crippen molar-refractivity contribution < 1.29 is 62.2 Å². The summed E-state index contributed by atoms with van der Waals surface area (Å²) in [6.07, 6.45) is 15.8. The van der Waals surface area contributed by atoms with Crippen LogP contribution in [0.15, 0.2) is 0 Å². The SMILES string of the molecule is CC(=O)OC[C@H]1O[CH-][C@@H](OC(C)=O)[C@@H](OC(C)=O)[C@@H]1OC(C)=O.[CH]1[CH][CH][CH][CH]1.[CH]1[CH][CH][CH][CH]1.[Cl][Ti+3]. The van der Waals surface area contributed by atoms with Crippen LogP contribution in [0.25, 0.3) is 0 Å². The van der Waals surface area contributed by atoms with Crippen LogP contribution >= 0.6 is 9.30 Å². The van der Waals surface area contributed by atoms with Gasteiger partial charge in [-0.2, -0.15) is 6.61 Å². The molecule has 0 aromatic rings. The summed E-state index contributed by atoms with van der Waals surface area (Å²) in [5.41, 5.74) is 0. The standard InChI is InChI=1S/C14H19O9.2C5H5.ClH.Ti/c1-7(15)19-5-11-13(22-9(3)17)14(23-10(4)18)12(6-20-11)21-8(2)16;2*1-2-4-5-3-1;;/h6,11-14H,5H2,1-4H3;2*1-5H;1H;/q-1;;;;+4/p-1/t11-,12-,13-,14-;;;;/m1..../s1. The second kappa shape index (κ2) is 21.0. The fraction of sp³-hybridized carbons (Fsp3) is 0.375. The van der Waals surface area contributed by atoms with E-state index in [1.807, 2.05) is 64.2 Å². The average Bonchev–Trinajstić information content (AvgIpc) is 3.55. The van der Waals surface area contributed by atoms with Crippen molar-refractivity contribution >= 4 is 33.2 Å². The molecule has 0 spiro atoms. The second-order valence-corrected chi connectivity index (χ2v) is 6.76. The van der Waals surface area contributed by atoms with Crippen molar-refractivity contribution in [1.82, 2.24) is 0 Å². The molecule has 2 saturated carbocycles. The van der Waals surface area contributed by atoms with Gasteiger partial charge in [0.15, 0.2) is 12.2 Å². The summed E-state index contributed by atoms with van der Waals surface area (Å²) in [4.78, 5) is 44.7. The van der Waals surface area contributed by atoms with Gasteiger partial charge in [0.25, 0.3) is 5.97 Å². The molecule has 1 heterocycles. The molecule has 1 saturated heterocycles. The first kappa shape index (κ1) is 33.8. The number of hydrogen-bond acceptors (Lipinski definition) is 9. The Morgan fingerprint density at radius 2 is 1.06 bits per heavy atom. The van der Waals surface area contributed by atoms with Gasteiger partial charge in [-0.3, -0.25) is 19.2 Å². The fourth-order valence-electron chi connectivity index (χ4n) is 2.65. The van der Waals surface area contributed by atoms with Gasteiger partial charge in [-0.25, -0.2) is 0 Å². The molecule has 0 N–H and O–H groups in total. The molecule has 188 valence electrons. The van der Waals surface area contributed by atoms with Crippen LogP contribution in [0.1, 0.15) is 27.7 Å². The Hall–Kier alpha value is -1.16. The van der Waals surface area contributed by atoms with E-state index in [2.05, 4.69) is 9.30 Å². The Kier molecular flexibility index (Phi) is 20.3. The van der Waals surface area contributed by atoms with Gasteiger partial charge in [0.2, 0.25) is 0 Å². The summed E-state index contributed by atoms with van der Waals surface area (Å²) in [5.74, 6) is -2.51. The normalized spacial score (nSPS) is 24.7. The Morgan fingerprint density at radius 3 is 1.40 bits per heavy atom. The van der Waals surface area contributed by atoms with E-state index in [9.17, 15) is 19.2 Å². The minimum atomic E-state index is -1.12. The molecule has 0 aromatic heterocycles. The van der Waals surface area contributed by atoms with Crippen molar-refractivity contribution in [3.8, 4) is 0 Å². The molecule has 11 heteroatoms. The fourth-order valence-corrected chi connectivity index (χ4v) is 2.65. The van der Waals surface area contributed by atoms with Crippen LogP contribution in [0.2, 0.25) is 0 Å². The molecule has 1 aliphatic heterocycles. The predicted molar refractivity (Wildman–Crippen MR) is 121 cm³/mol. The summed E-state index contributed by atoms with van der Waals surface area (Å²) in [6, 6.07) is 0. The minimum absolute atomic E-state index is 0.228. The predicted octanol–water partition coefficient (Wildman–Crippen LogP) is 2.64. The van der Waals surface area contributed by atoms with Crippen LogP contribution in [0.3, 0.4) is 0 Å². The molecule has 35 heavy (non-hydrogen) atoms. The molecule has 3 rings (SSSR count). The molecule has 4 atom stereocenters. The maximum absolute atomic E-state index is 11.3. The Morgan fingerprint density at radius 1 is 0.686 bits per heavy atom. The second-order valence-electron chi connectivity index (χ2n) is 6.76. The summed E-state index contributed by atoms with van der Waals surface area (Å²) < 4.78 is 25.4. The molecule has 10 radical (unpaired) electrons. The van der Waals surface area contributed by atoms with Crippen LogP contribution in [-0.4, -0.2) is 54.9 Å². The molecule has 0 unspecified atom stereocenters. The third-order valence-corrected chi connectivity index (χ3v) is 3.87. The van der Waals surface area contributed by atoms with Crippen LogP contribution in [0, 0.1) is 70.8 Å². The summed E-state index contributed by atoms with van der Waals surface area (Å²) in [5, 5.41) is 0. The zero-order chi connectivity index (χ0) is 26.6. The van der Waals surface area contributed by atoms with E-state index in [0.29, 0.717) is 0 Å². The Balaban J connectivity index is 0.000000775. The van der Waals surface area contributed by atoms with Gasteiger partial charge in [-0.15, -0.1) is 0 Å². The Bertz CT molecular complexity index is 599. The number of rotatable bonds is 5. The number of esters is 4. The van der Waals surface area contributed by atoms with Gasteiger partial charge >= 0.3 is 46.6 Å². The number of carbonyl (C=O) groups is 4. The van der Waals surface area contributed by atoms with Crippen LogP contribution in [-0.2, 0) is 62.2 Å². The number of ether oxygens (including phenoxy) is 5. The summed E-state index contributed by atoms with van der Waals surface area (Å²) in [6.45, 7) is 5.61. The zero-order valence-electron chi connectivity index (χ0n) is 19.9. The van der Waals surface area contributed by atoms with E-state index >= 15 is 0 Å². The number of halogens is 1. The third kappa shape index (κ3) is 17.0. The average molecular weight is 545 g/mol. The van der Waals surface area contributed by atoms with E-state index in [1.165, 1.54) is 33.2 Å². The van der Waals surface area contributed by atoms with Crippen LogP contribution in [0.4, 0.5) is 0 Å². The molecule has 2 aliphatic carbocycles. The third-order valence-electron chi connectivity index (χ3n) is 3.87. The van der Waals surface area contributed by atoms with Crippen LogP contribution < -0.4 is 0 Å². The van der Waals surface area contributed by atoms with Crippen molar-refractivity contribution in [3.05, 3.63) is 70.8 Å². The number of hydrogen-bond donors (Lipinski definition) is 0. The van der Waals surface area contributed by atoms with Crippen molar-refractivity contribution in [3.63, 3.8) is 0 Å². The first-order valence-electron chi connectivity index (χ1n) is 10.4. The molecule has 0 bridgehead atoms. The molecular formula is C24H29ClO9Ti+2. The van der Waals surface area contributed by atoms with E-state index in [1.54, 1.807) is 0 Å². The van der Waals surface area contributed by atoms with Gasteiger partial charge in [0, 0.05) is 33.8 Å². The Labute approximate surface area is 224 Å². The van der Waals surface area contributed by atoms with Gasteiger partial charge < -0.3 is 23.7 Å². The van der Waals surface area contributed by atoms with E-state index in [4.69, 9.17) is 23.7 Å². The van der Waals surface area contributed by atoms with Gasteiger partial charge in [-0.1, -0.05) is 0 Å². The number of carbonyl (C=O) groups excluding carboxylic acids is 4. The van der Waals surface area contributed by atoms with Gasteiger partial charge in [0.1, 0.15) is 12.7 Å². The first-order chi connectivity index (χ1) is 16.7. The maximum atomic E-state index is 11.3. The topological polar surface area (TPSA) is 114 Å². The molecule has 9 nitrogen and oxygen atoms in total. The van der Waals surface area contributed by atoms with Crippen molar-refractivity contribution in [2.75, 3.05) is 6.61 Å². The van der Waals surface area contributed by atoms with Crippen molar-refractivity contribution in [1.29, 1.82) is 0 Å². The van der Waals surface area contributed by atoms with Gasteiger partial charge in [0.05, 0.1) is 0 Å². The quantitative estimate of drug-likeness (QED) is 0.223. The van der Waals surface area contributed by atoms with E-state index < -0.39 is 48.3 Å². The zero-order valence-corrected chi connectivity index (χ0v) is 22.2. The summed E-state index contributed by atoms with van der Waals surface area (Å²) >= 11 is 1.47. The van der Waals surface area contributed by atoms with Crippen molar-refractivity contribution in [2.45, 2.75) is 52.1 Å². The molecule has 3 fully saturated rings.